The van der Waals surface area contributed by atoms with Gasteiger partial charge in [-0.15, -0.1) is 12.4 Å². The lowest BCUT2D eigenvalue weighted by molar-refractivity contribution is -0.135. The molecule has 0 saturated carbocycles. The Labute approximate surface area is 147 Å². The highest BCUT2D eigenvalue weighted by molar-refractivity contribution is 5.85. The fourth-order valence-corrected chi connectivity index (χ4v) is 2.91. The molecule has 1 fully saturated rings. The van der Waals surface area contributed by atoms with Crippen molar-refractivity contribution in [3.05, 3.63) is 0 Å². The molecule has 0 aromatic carbocycles. The van der Waals surface area contributed by atoms with Gasteiger partial charge in [-0.1, -0.05) is 20.8 Å². The van der Waals surface area contributed by atoms with Crippen molar-refractivity contribution in [2.45, 2.75) is 71.8 Å². The van der Waals surface area contributed by atoms with Gasteiger partial charge in [-0.05, 0) is 37.5 Å². The highest BCUT2D eigenvalue weighted by atomic mass is 35.5. The van der Waals surface area contributed by atoms with Gasteiger partial charge in [0.15, 0.2) is 0 Å². The average Bonchev–Trinajstić information content (AvgIpc) is 2.44. The van der Waals surface area contributed by atoms with Crippen LogP contribution in [-0.2, 0) is 9.59 Å². The highest BCUT2D eigenvalue weighted by Crippen LogP contribution is 2.23. The molecule has 2 amide bonds. The van der Waals surface area contributed by atoms with Crippen molar-refractivity contribution < 1.29 is 9.59 Å². The smallest absolute Gasteiger partial charge is 0.222 e. The monoisotopic (exact) mass is 347 g/mol. The predicted molar refractivity (Wildman–Crippen MR) is 96.6 cm³/mol. The van der Waals surface area contributed by atoms with E-state index in [1.54, 1.807) is 0 Å². The summed E-state index contributed by atoms with van der Waals surface area (Å²) < 4.78 is 0. The molecule has 0 aromatic rings. The van der Waals surface area contributed by atoms with Crippen LogP contribution in [-0.4, -0.2) is 42.4 Å². The van der Waals surface area contributed by atoms with Crippen molar-refractivity contribution in [3.63, 3.8) is 0 Å². The maximum atomic E-state index is 12.5. The van der Waals surface area contributed by atoms with Crippen LogP contribution < -0.4 is 11.1 Å². The van der Waals surface area contributed by atoms with E-state index in [1.807, 2.05) is 4.90 Å². The van der Waals surface area contributed by atoms with Crippen LogP contribution in [0.1, 0.15) is 65.7 Å². The molecule has 0 aliphatic carbocycles. The third kappa shape index (κ3) is 9.16. The molecule has 0 spiro atoms. The lowest BCUT2D eigenvalue weighted by Gasteiger charge is -2.36. The van der Waals surface area contributed by atoms with Crippen LogP contribution >= 0.6 is 12.4 Å². The Morgan fingerprint density at radius 3 is 2.52 bits per heavy atom. The van der Waals surface area contributed by atoms with Gasteiger partial charge < -0.3 is 16.0 Å². The second kappa shape index (κ2) is 10.9. The first-order valence-corrected chi connectivity index (χ1v) is 8.60. The third-order valence-corrected chi connectivity index (χ3v) is 4.17. The summed E-state index contributed by atoms with van der Waals surface area (Å²) in [5.41, 5.74) is 5.65. The fraction of sp³-hybridized carbons (Fsp3) is 0.882. The number of carbonyl (C=O) groups is 2. The maximum Gasteiger partial charge on any atom is 0.222 e. The minimum absolute atomic E-state index is 0. The Hall–Kier alpha value is -0.810. The van der Waals surface area contributed by atoms with E-state index in [-0.39, 0.29) is 35.7 Å². The number of carbonyl (C=O) groups excluding carboxylic acids is 2. The lowest BCUT2D eigenvalue weighted by Crippen LogP contribution is -2.49. The normalized spacial score (nSPS) is 18.3. The molecule has 1 rings (SSSR count). The number of nitrogens with zero attached hydrogens (tertiary/aromatic N) is 1. The first-order valence-electron chi connectivity index (χ1n) is 8.60. The highest BCUT2D eigenvalue weighted by Gasteiger charge is 2.26. The Morgan fingerprint density at radius 1 is 1.22 bits per heavy atom. The molecular formula is C17H34ClN3O2. The zero-order valence-corrected chi connectivity index (χ0v) is 15.7. The van der Waals surface area contributed by atoms with Crippen LogP contribution in [0.25, 0.3) is 0 Å². The predicted octanol–water partition coefficient (Wildman–Crippen LogP) is 2.47. The largest absolute Gasteiger partial charge is 0.354 e. The number of amides is 2. The van der Waals surface area contributed by atoms with E-state index in [0.717, 1.165) is 38.6 Å². The van der Waals surface area contributed by atoms with Gasteiger partial charge in [-0.25, -0.2) is 0 Å². The summed E-state index contributed by atoms with van der Waals surface area (Å²) in [5.74, 6) is 0.218. The summed E-state index contributed by atoms with van der Waals surface area (Å²) in [6.07, 6.45) is 6.14. The van der Waals surface area contributed by atoms with E-state index in [0.29, 0.717) is 25.9 Å². The van der Waals surface area contributed by atoms with Crippen LogP contribution in [0.5, 0.6) is 0 Å². The van der Waals surface area contributed by atoms with Crippen molar-refractivity contribution in [1.29, 1.82) is 0 Å². The number of rotatable bonds is 7. The molecule has 3 N–H and O–H groups in total. The van der Waals surface area contributed by atoms with Crippen molar-refractivity contribution in [2.24, 2.45) is 11.1 Å². The summed E-state index contributed by atoms with van der Waals surface area (Å²) in [4.78, 5) is 26.0. The second-order valence-corrected chi connectivity index (χ2v) is 7.49. The molecule has 1 unspecified atom stereocenters. The van der Waals surface area contributed by atoms with E-state index in [2.05, 4.69) is 26.1 Å². The van der Waals surface area contributed by atoms with Crippen molar-refractivity contribution in [2.75, 3.05) is 19.6 Å². The number of nitrogens with one attached hydrogen (secondary N) is 1. The average molecular weight is 348 g/mol. The topological polar surface area (TPSA) is 75.4 Å². The van der Waals surface area contributed by atoms with Crippen molar-refractivity contribution in [1.82, 2.24) is 10.2 Å². The number of nitrogens with two attached hydrogens (primary N) is 1. The molecule has 1 heterocycles. The summed E-state index contributed by atoms with van der Waals surface area (Å²) >= 11 is 0. The first kappa shape index (κ1) is 22.2. The first-order chi connectivity index (χ1) is 10.3. The molecule has 1 atom stereocenters. The summed E-state index contributed by atoms with van der Waals surface area (Å²) in [6.45, 7) is 8.36. The van der Waals surface area contributed by atoms with E-state index in [4.69, 9.17) is 5.73 Å². The lowest BCUT2D eigenvalue weighted by atomic mass is 9.89. The van der Waals surface area contributed by atoms with Gasteiger partial charge in [0.2, 0.25) is 11.8 Å². The van der Waals surface area contributed by atoms with Crippen LogP contribution in [0, 0.1) is 5.41 Å². The Kier molecular flexibility index (Phi) is 10.5. The SMILES string of the molecule is CC(C)(C)CCCC(=O)N1CCCCC1CNC(=O)CCN.Cl. The fourth-order valence-electron chi connectivity index (χ4n) is 2.91. The van der Waals surface area contributed by atoms with E-state index in [1.165, 1.54) is 0 Å². The van der Waals surface area contributed by atoms with Gasteiger partial charge in [0, 0.05) is 38.5 Å². The Balaban J connectivity index is 0.00000484. The van der Waals surface area contributed by atoms with Crippen LogP contribution in [0.2, 0.25) is 0 Å². The van der Waals surface area contributed by atoms with Gasteiger partial charge in [0.1, 0.15) is 0 Å². The van der Waals surface area contributed by atoms with Gasteiger partial charge in [-0.2, -0.15) is 0 Å². The number of likely N-dealkylation sites (tertiary alicyclic amines) is 1. The molecule has 136 valence electrons. The molecule has 0 bridgehead atoms. The number of piperidine rings is 1. The maximum absolute atomic E-state index is 12.5. The zero-order valence-electron chi connectivity index (χ0n) is 14.9. The minimum atomic E-state index is -0.0202. The molecule has 5 nitrogen and oxygen atoms in total. The van der Waals surface area contributed by atoms with Crippen LogP contribution in [0.4, 0.5) is 0 Å². The van der Waals surface area contributed by atoms with Gasteiger partial charge >= 0.3 is 0 Å². The summed E-state index contributed by atoms with van der Waals surface area (Å²) in [7, 11) is 0. The zero-order chi connectivity index (χ0) is 16.6. The molecule has 1 saturated heterocycles. The minimum Gasteiger partial charge on any atom is -0.354 e. The van der Waals surface area contributed by atoms with Crippen LogP contribution in [0.15, 0.2) is 0 Å². The summed E-state index contributed by atoms with van der Waals surface area (Å²) in [6, 6.07) is 0.151. The van der Waals surface area contributed by atoms with Crippen molar-refractivity contribution >= 4 is 24.2 Å². The molecule has 6 heteroatoms. The molecule has 0 aromatic heterocycles. The molecule has 23 heavy (non-hydrogen) atoms. The second-order valence-electron chi connectivity index (χ2n) is 7.49. The van der Waals surface area contributed by atoms with E-state index in [9.17, 15) is 9.59 Å². The third-order valence-electron chi connectivity index (χ3n) is 4.17. The Morgan fingerprint density at radius 2 is 1.91 bits per heavy atom. The number of hydrogen-bond acceptors (Lipinski definition) is 3. The van der Waals surface area contributed by atoms with Crippen molar-refractivity contribution in [3.8, 4) is 0 Å². The Bertz CT molecular complexity index is 369. The standard InChI is InChI=1S/C17H33N3O2.ClH/c1-17(2,3)10-6-8-16(22)20-12-5-4-7-14(20)13-19-15(21)9-11-18;/h14H,4-13,18H2,1-3H3,(H,19,21);1H. The van der Waals surface area contributed by atoms with E-state index >= 15 is 0 Å². The van der Waals surface area contributed by atoms with E-state index < -0.39 is 0 Å². The van der Waals surface area contributed by atoms with Crippen LogP contribution in [0.3, 0.4) is 0 Å². The number of hydrogen-bond donors (Lipinski definition) is 2. The molecule has 1 aliphatic heterocycles. The molecular weight excluding hydrogens is 314 g/mol. The summed E-state index contributed by atoms with van der Waals surface area (Å²) in [5, 5.41) is 2.91. The number of halogens is 1. The quantitative estimate of drug-likeness (QED) is 0.742. The molecule has 0 radical (unpaired) electrons. The molecule has 1 aliphatic rings. The van der Waals surface area contributed by atoms with Gasteiger partial charge in [0.25, 0.3) is 0 Å². The van der Waals surface area contributed by atoms with Gasteiger partial charge in [0.05, 0.1) is 0 Å². The van der Waals surface area contributed by atoms with Gasteiger partial charge in [-0.3, -0.25) is 9.59 Å².